The third-order valence-corrected chi connectivity index (χ3v) is 4.98. The van der Waals surface area contributed by atoms with Crippen LogP contribution >= 0.6 is 23.7 Å². The maximum Gasteiger partial charge on any atom is 0.273 e. The topological polar surface area (TPSA) is 88.4 Å². The van der Waals surface area contributed by atoms with Crippen molar-refractivity contribution in [2.24, 2.45) is 5.92 Å². The Morgan fingerprint density at radius 2 is 2.32 bits per heavy atom. The van der Waals surface area contributed by atoms with Crippen molar-refractivity contribution in [1.82, 2.24) is 15.2 Å². The molecule has 2 aromatic rings. The number of nitro groups is 1. The Balaban J connectivity index is 0.00000225. The minimum atomic E-state index is -0.435. The number of nitrogens with zero attached hydrogens (tertiary/aromatic N) is 3. The fourth-order valence-electron chi connectivity index (χ4n) is 2.89. The lowest BCUT2D eigenvalue weighted by molar-refractivity contribution is -0.384. The molecule has 1 aliphatic heterocycles. The second-order valence-corrected chi connectivity index (χ2v) is 6.67. The molecule has 25 heavy (non-hydrogen) atoms. The summed E-state index contributed by atoms with van der Waals surface area (Å²) in [5, 5.41) is 16.4. The first-order chi connectivity index (χ1) is 11.6. The Bertz CT molecular complexity index is 767. The summed E-state index contributed by atoms with van der Waals surface area (Å²) in [4.78, 5) is 29.2. The van der Waals surface area contributed by atoms with Gasteiger partial charge in [-0.25, -0.2) is 4.98 Å². The minimum Gasteiger partial charge on any atom is -0.337 e. The molecule has 1 saturated heterocycles. The highest BCUT2D eigenvalue weighted by Gasteiger charge is 2.27. The number of carbonyl (C=O) groups excluding carboxylic acids is 1. The fraction of sp³-hybridized carbons (Fsp3) is 0.375. The van der Waals surface area contributed by atoms with E-state index in [2.05, 4.69) is 10.3 Å². The monoisotopic (exact) mass is 382 g/mol. The number of amides is 1. The van der Waals surface area contributed by atoms with Gasteiger partial charge in [0.1, 0.15) is 10.7 Å². The van der Waals surface area contributed by atoms with E-state index in [9.17, 15) is 14.9 Å². The summed E-state index contributed by atoms with van der Waals surface area (Å²) in [5.41, 5.74) is 1.08. The lowest BCUT2D eigenvalue weighted by Gasteiger charge is -2.15. The van der Waals surface area contributed by atoms with Crippen LogP contribution < -0.4 is 5.32 Å². The van der Waals surface area contributed by atoms with Crippen LogP contribution in [0, 0.1) is 16.0 Å². The van der Waals surface area contributed by atoms with Gasteiger partial charge in [-0.3, -0.25) is 14.9 Å². The normalized spacial score (nSPS) is 16.5. The van der Waals surface area contributed by atoms with Crippen LogP contribution in [-0.2, 0) is 0 Å². The average molecular weight is 383 g/mol. The van der Waals surface area contributed by atoms with Gasteiger partial charge in [-0.05, 0) is 25.9 Å². The molecule has 0 aliphatic carbocycles. The summed E-state index contributed by atoms with van der Waals surface area (Å²) in [6.07, 6.45) is 0.994. The van der Waals surface area contributed by atoms with E-state index in [1.165, 1.54) is 23.5 Å². The third-order valence-electron chi connectivity index (χ3n) is 4.09. The van der Waals surface area contributed by atoms with E-state index in [-0.39, 0.29) is 24.0 Å². The van der Waals surface area contributed by atoms with Gasteiger partial charge in [0.25, 0.3) is 11.6 Å². The highest BCUT2D eigenvalue weighted by molar-refractivity contribution is 7.13. The van der Waals surface area contributed by atoms with E-state index in [0.29, 0.717) is 22.2 Å². The van der Waals surface area contributed by atoms with Crippen molar-refractivity contribution < 1.29 is 9.72 Å². The predicted molar refractivity (Wildman–Crippen MR) is 99.4 cm³/mol. The van der Waals surface area contributed by atoms with Crippen LogP contribution in [0.15, 0.2) is 29.6 Å². The lowest BCUT2D eigenvalue weighted by atomic mass is 10.1. The van der Waals surface area contributed by atoms with E-state index >= 15 is 0 Å². The van der Waals surface area contributed by atoms with Crippen molar-refractivity contribution in [2.75, 3.05) is 26.7 Å². The fourth-order valence-corrected chi connectivity index (χ4v) is 3.68. The van der Waals surface area contributed by atoms with Crippen LogP contribution in [0.2, 0.25) is 0 Å². The van der Waals surface area contributed by atoms with Gasteiger partial charge in [-0.1, -0.05) is 12.1 Å². The molecule has 1 aliphatic rings. The van der Waals surface area contributed by atoms with E-state index in [0.717, 1.165) is 26.1 Å². The zero-order chi connectivity index (χ0) is 17.1. The maximum atomic E-state index is 12.6. The number of nitro benzene ring substituents is 1. The van der Waals surface area contributed by atoms with E-state index in [1.807, 2.05) is 11.9 Å². The Morgan fingerprint density at radius 3 is 3.04 bits per heavy atom. The molecule has 0 saturated carbocycles. The van der Waals surface area contributed by atoms with E-state index in [4.69, 9.17) is 0 Å². The van der Waals surface area contributed by atoms with Crippen LogP contribution in [0.4, 0.5) is 5.69 Å². The van der Waals surface area contributed by atoms with Crippen molar-refractivity contribution in [2.45, 2.75) is 6.42 Å². The van der Waals surface area contributed by atoms with Gasteiger partial charge < -0.3 is 10.2 Å². The standard InChI is InChI=1S/C16H18N4O3S.ClH/c1-17-8-11-5-6-19(9-11)16(21)14-10-24-15(18-14)12-3-2-4-13(7-12)20(22)23;/h2-4,7,10-11,17H,5-6,8-9H2,1H3;1H. The summed E-state index contributed by atoms with van der Waals surface area (Å²) < 4.78 is 0. The van der Waals surface area contributed by atoms with Gasteiger partial charge in [0, 0.05) is 36.2 Å². The van der Waals surface area contributed by atoms with Crippen LogP contribution in [0.5, 0.6) is 0 Å². The molecule has 9 heteroatoms. The highest BCUT2D eigenvalue weighted by Crippen LogP contribution is 2.28. The molecule has 1 N–H and O–H groups in total. The molecule has 1 unspecified atom stereocenters. The quantitative estimate of drug-likeness (QED) is 0.634. The Kier molecular flexibility index (Phi) is 6.46. The molecule has 2 heterocycles. The zero-order valence-corrected chi connectivity index (χ0v) is 15.3. The number of likely N-dealkylation sites (tertiary alicyclic amines) is 1. The number of rotatable bonds is 5. The van der Waals surface area contributed by atoms with Crippen LogP contribution in [0.1, 0.15) is 16.9 Å². The van der Waals surface area contributed by atoms with Crippen molar-refractivity contribution >= 4 is 35.3 Å². The largest absolute Gasteiger partial charge is 0.337 e. The molecule has 0 radical (unpaired) electrons. The number of non-ortho nitro benzene ring substituents is 1. The van der Waals surface area contributed by atoms with Gasteiger partial charge in [-0.15, -0.1) is 23.7 Å². The number of thiazole rings is 1. The van der Waals surface area contributed by atoms with Crippen LogP contribution in [-0.4, -0.2) is 47.4 Å². The smallest absolute Gasteiger partial charge is 0.273 e. The van der Waals surface area contributed by atoms with E-state index in [1.54, 1.807) is 17.5 Å². The first-order valence-electron chi connectivity index (χ1n) is 7.72. The predicted octanol–water partition coefficient (Wildman–Crippen LogP) is 2.82. The number of hydrogen-bond acceptors (Lipinski definition) is 6. The molecule has 1 aromatic heterocycles. The lowest BCUT2D eigenvalue weighted by Crippen LogP contribution is -2.30. The van der Waals surface area contributed by atoms with Crippen molar-refractivity contribution in [3.05, 3.63) is 45.5 Å². The molecule has 134 valence electrons. The molecule has 3 rings (SSSR count). The number of halogens is 1. The second kappa shape index (κ2) is 8.37. The molecule has 0 bridgehead atoms. The molecule has 1 atom stereocenters. The SMILES string of the molecule is CNCC1CCN(C(=O)c2csc(-c3cccc([N+](=O)[O-])c3)n2)C1.Cl. The van der Waals surface area contributed by atoms with Gasteiger partial charge in [0.15, 0.2) is 0 Å². The molecule has 1 amide bonds. The summed E-state index contributed by atoms with van der Waals surface area (Å²) in [5.74, 6) is 0.412. The summed E-state index contributed by atoms with van der Waals surface area (Å²) in [6.45, 7) is 2.39. The van der Waals surface area contributed by atoms with Crippen molar-refractivity contribution in [3.63, 3.8) is 0 Å². The molecule has 1 fully saturated rings. The van der Waals surface area contributed by atoms with Gasteiger partial charge in [-0.2, -0.15) is 0 Å². The highest BCUT2D eigenvalue weighted by atomic mass is 35.5. The number of aromatic nitrogens is 1. The van der Waals surface area contributed by atoms with Crippen molar-refractivity contribution in [1.29, 1.82) is 0 Å². The van der Waals surface area contributed by atoms with Gasteiger partial charge in [0.05, 0.1) is 4.92 Å². The third kappa shape index (κ3) is 4.33. The Labute approximate surface area is 155 Å². The first-order valence-corrected chi connectivity index (χ1v) is 8.60. The molecular formula is C16H19ClN4O3S. The number of nitrogens with one attached hydrogen (secondary N) is 1. The summed E-state index contributed by atoms with van der Waals surface area (Å²) in [7, 11) is 1.91. The minimum absolute atomic E-state index is 0. The molecule has 0 spiro atoms. The molecule has 1 aromatic carbocycles. The number of benzene rings is 1. The summed E-state index contributed by atoms with van der Waals surface area (Å²) >= 11 is 1.33. The van der Waals surface area contributed by atoms with Crippen molar-refractivity contribution in [3.8, 4) is 10.6 Å². The Morgan fingerprint density at radius 1 is 1.52 bits per heavy atom. The molecule has 7 nitrogen and oxygen atoms in total. The average Bonchev–Trinajstić information content (AvgIpc) is 3.24. The second-order valence-electron chi connectivity index (χ2n) is 5.81. The van der Waals surface area contributed by atoms with E-state index < -0.39 is 4.92 Å². The first kappa shape index (κ1) is 19.3. The number of hydrogen-bond donors (Lipinski definition) is 1. The van der Waals surface area contributed by atoms with Crippen LogP contribution in [0.3, 0.4) is 0 Å². The van der Waals surface area contributed by atoms with Crippen LogP contribution in [0.25, 0.3) is 10.6 Å². The summed E-state index contributed by atoms with van der Waals surface area (Å²) in [6, 6.07) is 6.30. The molecular weight excluding hydrogens is 364 g/mol. The van der Waals surface area contributed by atoms with Gasteiger partial charge in [0.2, 0.25) is 0 Å². The van der Waals surface area contributed by atoms with Gasteiger partial charge >= 0.3 is 0 Å². The Hall–Kier alpha value is -2.03. The zero-order valence-electron chi connectivity index (χ0n) is 13.7. The number of carbonyl (C=O) groups is 1. The maximum absolute atomic E-state index is 12.6.